The molecule has 0 aromatic carbocycles. The van der Waals surface area contributed by atoms with Gasteiger partial charge in [-0.2, -0.15) is 0 Å². The number of nitrogens with one attached hydrogen (secondary N) is 1. The van der Waals surface area contributed by atoms with Crippen LogP contribution >= 0.6 is 0 Å². The maximum Gasteiger partial charge on any atom is 0.145 e. The van der Waals surface area contributed by atoms with E-state index in [-0.39, 0.29) is 0 Å². The first-order chi connectivity index (χ1) is 8.02. The Kier molecular flexibility index (Phi) is 5.15. The second-order valence-electron chi connectivity index (χ2n) is 5.10. The summed E-state index contributed by atoms with van der Waals surface area (Å²) in [6.45, 7) is 10.8. The summed E-state index contributed by atoms with van der Waals surface area (Å²) < 4.78 is 0. The van der Waals surface area contributed by atoms with Crippen LogP contribution in [0, 0.1) is 11.8 Å². The number of anilines is 2. The Hall–Kier alpha value is -1.36. The first kappa shape index (κ1) is 13.7. The van der Waals surface area contributed by atoms with E-state index in [0.29, 0.717) is 17.7 Å². The Morgan fingerprint density at radius 3 is 2.24 bits per heavy atom. The maximum absolute atomic E-state index is 5.36. The van der Waals surface area contributed by atoms with Crippen molar-refractivity contribution in [2.45, 2.75) is 27.7 Å². The van der Waals surface area contributed by atoms with E-state index in [4.69, 9.17) is 5.84 Å². The zero-order valence-corrected chi connectivity index (χ0v) is 11.1. The molecule has 0 saturated heterocycles. The summed E-state index contributed by atoms with van der Waals surface area (Å²) in [7, 11) is 0. The van der Waals surface area contributed by atoms with Crippen LogP contribution < -0.4 is 16.2 Å². The van der Waals surface area contributed by atoms with Crippen LogP contribution in [0.15, 0.2) is 12.4 Å². The molecule has 96 valence electrons. The van der Waals surface area contributed by atoms with Crippen molar-refractivity contribution in [2.75, 3.05) is 23.4 Å². The average molecular weight is 237 g/mol. The van der Waals surface area contributed by atoms with E-state index in [9.17, 15) is 0 Å². The zero-order valence-electron chi connectivity index (χ0n) is 11.1. The first-order valence-electron chi connectivity index (χ1n) is 6.06. The smallest absolute Gasteiger partial charge is 0.145 e. The summed E-state index contributed by atoms with van der Waals surface area (Å²) in [5.41, 5.74) is 2.55. The highest BCUT2D eigenvalue weighted by Crippen LogP contribution is 2.16. The molecule has 5 heteroatoms. The van der Waals surface area contributed by atoms with Crippen LogP contribution in [0.2, 0.25) is 0 Å². The van der Waals surface area contributed by atoms with Crippen LogP contribution in [0.4, 0.5) is 11.6 Å². The predicted octanol–water partition coefficient (Wildman–Crippen LogP) is 1.88. The highest BCUT2D eigenvalue weighted by Gasteiger charge is 2.12. The van der Waals surface area contributed by atoms with Gasteiger partial charge in [0.15, 0.2) is 0 Å². The summed E-state index contributed by atoms with van der Waals surface area (Å²) in [6, 6.07) is 1.88. The Balaban J connectivity index is 2.86. The van der Waals surface area contributed by atoms with Gasteiger partial charge in [0, 0.05) is 19.2 Å². The first-order valence-corrected chi connectivity index (χ1v) is 6.06. The fourth-order valence-electron chi connectivity index (χ4n) is 1.74. The molecule has 1 rings (SSSR count). The molecule has 17 heavy (non-hydrogen) atoms. The van der Waals surface area contributed by atoms with E-state index in [1.165, 1.54) is 6.33 Å². The van der Waals surface area contributed by atoms with E-state index in [2.05, 4.69) is 48.0 Å². The van der Waals surface area contributed by atoms with Gasteiger partial charge >= 0.3 is 0 Å². The summed E-state index contributed by atoms with van der Waals surface area (Å²) in [6.07, 6.45) is 1.54. The van der Waals surface area contributed by atoms with Crippen LogP contribution in [0.1, 0.15) is 27.7 Å². The minimum absolute atomic E-state index is 0.595. The Morgan fingerprint density at radius 2 is 1.76 bits per heavy atom. The number of aromatic nitrogens is 2. The molecule has 0 radical (unpaired) electrons. The van der Waals surface area contributed by atoms with Crippen LogP contribution in [0.25, 0.3) is 0 Å². The van der Waals surface area contributed by atoms with E-state index >= 15 is 0 Å². The molecule has 0 bridgehead atoms. The standard InChI is InChI=1S/C12H23N5/c1-9(2)6-17(7-10(3)4)12-5-11(16-13)14-8-15-12/h5,8-10H,6-7,13H2,1-4H3,(H,14,15,16). The summed E-state index contributed by atoms with van der Waals surface area (Å²) in [5.74, 6) is 8.13. The van der Waals surface area contributed by atoms with Crippen molar-refractivity contribution in [1.29, 1.82) is 0 Å². The second kappa shape index (κ2) is 6.39. The molecule has 0 amide bonds. The van der Waals surface area contributed by atoms with E-state index in [0.717, 1.165) is 18.9 Å². The maximum atomic E-state index is 5.36. The molecular weight excluding hydrogens is 214 g/mol. The van der Waals surface area contributed by atoms with Gasteiger partial charge in [-0.1, -0.05) is 27.7 Å². The molecule has 3 N–H and O–H groups in total. The van der Waals surface area contributed by atoms with Gasteiger partial charge in [-0.05, 0) is 11.8 Å². The van der Waals surface area contributed by atoms with Gasteiger partial charge in [-0.25, -0.2) is 15.8 Å². The quantitative estimate of drug-likeness (QED) is 0.584. The van der Waals surface area contributed by atoms with Crippen LogP contribution in [0.3, 0.4) is 0 Å². The van der Waals surface area contributed by atoms with Crippen LogP contribution in [-0.4, -0.2) is 23.1 Å². The van der Waals surface area contributed by atoms with Gasteiger partial charge in [0.1, 0.15) is 18.0 Å². The third-order valence-corrected chi connectivity index (χ3v) is 2.30. The van der Waals surface area contributed by atoms with Gasteiger partial charge in [-0.3, -0.25) is 0 Å². The van der Waals surface area contributed by atoms with Crippen LogP contribution in [0.5, 0.6) is 0 Å². The molecule has 5 nitrogen and oxygen atoms in total. The third-order valence-electron chi connectivity index (χ3n) is 2.30. The normalized spacial score (nSPS) is 11.0. The third kappa shape index (κ3) is 4.56. The lowest BCUT2D eigenvalue weighted by atomic mass is 10.1. The second-order valence-corrected chi connectivity index (χ2v) is 5.10. The number of nitrogen functional groups attached to an aromatic ring is 1. The fourth-order valence-corrected chi connectivity index (χ4v) is 1.74. The largest absolute Gasteiger partial charge is 0.356 e. The minimum atomic E-state index is 0.595. The van der Waals surface area contributed by atoms with Crippen LogP contribution in [-0.2, 0) is 0 Å². The van der Waals surface area contributed by atoms with E-state index in [1.807, 2.05) is 6.07 Å². The van der Waals surface area contributed by atoms with Gasteiger partial charge in [0.25, 0.3) is 0 Å². The highest BCUT2D eigenvalue weighted by molar-refractivity contribution is 5.47. The van der Waals surface area contributed by atoms with Crippen molar-refractivity contribution in [3.63, 3.8) is 0 Å². The Labute approximate surface area is 103 Å². The van der Waals surface area contributed by atoms with Gasteiger partial charge in [-0.15, -0.1) is 0 Å². The summed E-state index contributed by atoms with van der Waals surface area (Å²) in [4.78, 5) is 10.6. The van der Waals surface area contributed by atoms with Crippen molar-refractivity contribution >= 4 is 11.6 Å². The minimum Gasteiger partial charge on any atom is -0.356 e. The Morgan fingerprint density at radius 1 is 1.18 bits per heavy atom. The molecule has 1 aromatic rings. The van der Waals surface area contributed by atoms with Crippen molar-refractivity contribution in [2.24, 2.45) is 17.7 Å². The lowest BCUT2D eigenvalue weighted by Crippen LogP contribution is -2.32. The summed E-state index contributed by atoms with van der Waals surface area (Å²) >= 11 is 0. The zero-order chi connectivity index (χ0) is 12.8. The molecule has 1 aromatic heterocycles. The SMILES string of the molecule is CC(C)CN(CC(C)C)c1cc(NN)ncn1. The molecule has 0 aliphatic carbocycles. The monoisotopic (exact) mass is 237 g/mol. The average Bonchev–Trinajstić information content (AvgIpc) is 2.27. The van der Waals surface area contributed by atoms with Gasteiger partial charge in [0.2, 0.25) is 0 Å². The molecule has 0 aliphatic rings. The summed E-state index contributed by atoms with van der Waals surface area (Å²) in [5, 5.41) is 0. The number of hydrogen-bond acceptors (Lipinski definition) is 5. The molecule has 1 heterocycles. The molecular formula is C12H23N5. The van der Waals surface area contributed by atoms with Gasteiger partial charge in [0.05, 0.1) is 0 Å². The number of rotatable bonds is 6. The molecule has 0 atom stereocenters. The topological polar surface area (TPSA) is 67.1 Å². The van der Waals surface area contributed by atoms with Crippen molar-refractivity contribution < 1.29 is 0 Å². The predicted molar refractivity (Wildman–Crippen MR) is 71.7 cm³/mol. The van der Waals surface area contributed by atoms with E-state index in [1.54, 1.807) is 0 Å². The highest BCUT2D eigenvalue weighted by atomic mass is 15.3. The van der Waals surface area contributed by atoms with Crippen molar-refractivity contribution in [3.05, 3.63) is 12.4 Å². The lowest BCUT2D eigenvalue weighted by Gasteiger charge is -2.27. The molecule has 0 unspecified atom stereocenters. The fraction of sp³-hybridized carbons (Fsp3) is 0.667. The van der Waals surface area contributed by atoms with Crippen molar-refractivity contribution in [3.8, 4) is 0 Å². The van der Waals surface area contributed by atoms with Crippen molar-refractivity contribution in [1.82, 2.24) is 9.97 Å². The molecule has 0 aliphatic heterocycles. The number of hydrogen-bond donors (Lipinski definition) is 2. The lowest BCUT2D eigenvalue weighted by molar-refractivity contribution is 0.548. The van der Waals surface area contributed by atoms with Gasteiger partial charge < -0.3 is 10.3 Å². The number of hydrazine groups is 1. The number of nitrogens with two attached hydrogens (primary N) is 1. The molecule has 0 saturated carbocycles. The molecule has 0 spiro atoms. The Bertz CT molecular complexity index is 327. The molecule has 0 fully saturated rings. The number of nitrogens with zero attached hydrogens (tertiary/aromatic N) is 3. The van der Waals surface area contributed by atoms with E-state index < -0.39 is 0 Å².